The van der Waals surface area contributed by atoms with Crippen LogP contribution in [0.2, 0.25) is 0 Å². The molecule has 0 aliphatic heterocycles. The predicted octanol–water partition coefficient (Wildman–Crippen LogP) is 5.99. The van der Waals surface area contributed by atoms with E-state index in [2.05, 4.69) is 10.3 Å². The van der Waals surface area contributed by atoms with Crippen LogP contribution in [0.15, 0.2) is 83.4 Å². The molecule has 2 amide bonds. The number of carbonyl (C=O) groups excluding carboxylic acids is 2. The first kappa shape index (κ1) is 30.0. The van der Waals surface area contributed by atoms with E-state index in [1.54, 1.807) is 24.4 Å². The van der Waals surface area contributed by atoms with Crippen LogP contribution in [0.5, 0.6) is 5.75 Å². The molecule has 1 aliphatic rings. The van der Waals surface area contributed by atoms with Crippen LogP contribution in [0.4, 0.5) is 4.39 Å². The number of halogens is 1. The Morgan fingerprint density at radius 3 is 2.51 bits per heavy atom. The number of amides is 2. The van der Waals surface area contributed by atoms with Crippen molar-refractivity contribution in [1.29, 1.82) is 0 Å². The minimum absolute atomic E-state index is 0.247. The van der Waals surface area contributed by atoms with E-state index < -0.39 is 11.4 Å². The van der Waals surface area contributed by atoms with Gasteiger partial charge in [0.25, 0.3) is 11.8 Å². The molecule has 1 saturated carbocycles. The number of furan rings is 1. The van der Waals surface area contributed by atoms with Crippen LogP contribution in [0.3, 0.4) is 0 Å². The van der Waals surface area contributed by atoms with Crippen LogP contribution in [0, 0.1) is 12.7 Å². The van der Waals surface area contributed by atoms with Crippen molar-refractivity contribution in [2.45, 2.75) is 31.7 Å². The predicted molar refractivity (Wildman–Crippen MR) is 171 cm³/mol. The molecule has 8 nitrogen and oxygen atoms in total. The van der Waals surface area contributed by atoms with E-state index in [0.717, 1.165) is 40.8 Å². The molecule has 3 aromatic carbocycles. The van der Waals surface area contributed by atoms with E-state index in [1.807, 2.05) is 68.4 Å². The number of rotatable bonds is 11. The number of pyridine rings is 1. The van der Waals surface area contributed by atoms with E-state index in [1.165, 1.54) is 12.1 Å². The number of benzene rings is 3. The van der Waals surface area contributed by atoms with Crippen LogP contribution in [0.1, 0.15) is 56.1 Å². The van der Waals surface area contributed by atoms with Crippen LogP contribution in [-0.2, 0) is 12.0 Å². The molecule has 5 aromatic rings. The summed E-state index contributed by atoms with van der Waals surface area (Å²) in [6.07, 6.45) is 3.62. The summed E-state index contributed by atoms with van der Waals surface area (Å²) >= 11 is 0. The van der Waals surface area contributed by atoms with Crippen molar-refractivity contribution in [3.63, 3.8) is 0 Å². The Hall–Kier alpha value is -5.02. The Morgan fingerprint density at radius 2 is 1.84 bits per heavy atom. The van der Waals surface area contributed by atoms with Gasteiger partial charge >= 0.3 is 0 Å². The van der Waals surface area contributed by atoms with E-state index in [-0.39, 0.29) is 23.7 Å². The van der Waals surface area contributed by atoms with Crippen molar-refractivity contribution in [2.75, 3.05) is 27.2 Å². The second-order valence-corrected chi connectivity index (χ2v) is 11.8. The number of primary amides is 1. The Labute approximate surface area is 261 Å². The number of hydrogen-bond donors (Lipinski definition) is 2. The molecule has 0 bridgehead atoms. The van der Waals surface area contributed by atoms with Gasteiger partial charge in [-0.25, -0.2) is 4.39 Å². The van der Waals surface area contributed by atoms with Gasteiger partial charge in [-0.2, -0.15) is 0 Å². The molecule has 0 radical (unpaired) electrons. The van der Waals surface area contributed by atoms with Crippen LogP contribution >= 0.6 is 0 Å². The fourth-order valence-electron chi connectivity index (χ4n) is 5.63. The standard InChI is InChI=1S/C36H35FN4O4/c1-22-18-30(44-17-16-41(2)3)28(35(43)40-36(13-14-36)32-6-4-5-15-39-32)21-26(22)24-9-12-29-27(20-24)33(34(38)42)31(45-29)19-23-7-10-25(37)11-8-23/h4-12,15,18,20-21H,13-14,16-17,19H2,1-3H3,(H2,38,42)(H,40,43). The number of nitrogens with two attached hydrogens (primary N) is 1. The Morgan fingerprint density at radius 1 is 1.07 bits per heavy atom. The van der Waals surface area contributed by atoms with Crippen molar-refractivity contribution in [1.82, 2.24) is 15.2 Å². The normalized spacial score (nSPS) is 13.6. The third-order valence-electron chi connectivity index (χ3n) is 8.22. The van der Waals surface area contributed by atoms with Crippen molar-refractivity contribution in [3.8, 4) is 16.9 Å². The monoisotopic (exact) mass is 606 g/mol. The molecule has 6 rings (SSSR count). The maximum atomic E-state index is 13.9. The van der Waals surface area contributed by atoms with Crippen molar-refractivity contribution in [2.24, 2.45) is 5.73 Å². The van der Waals surface area contributed by atoms with Crippen molar-refractivity contribution < 1.29 is 23.1 Å². The molecule has 2 aromatic heterocycles. The van der Waals surface area contributed by atoms with Gasteiger partial charge in [0.1, 0.15) is 29.5 Å². The minimum atomic E-state index is -0.617. The highest BCUT2D eigenvalue weighted by Gasteiger charge is 2.47. The highest BCUT2D eigenvalue weighted by Crippen LogP contribution is 2.45. The number of aromatic nitrogens is 1. The van der Waals surface area contributed by atoms with Crippen molar-refractivity contribution >= 4 is 22.8 Å². The van der Waals surface area contributed by atoms with Gasteiger partial charge in [-0.3, -0.25) is 14.6 Å². The summed E-state index contributed by atoms with van der Waals surface area (Å²) in [6.45, 7) is 3.06. The van der Waals surface area contributed by atoms with E-state index in [4.69, 9.17) is 14.9 Å². The van der Waals surface area contributed by atoms with Gasteiger partial charge in [0.2, 0.25) is 0 Å². The number of aryl methyl sites for hydroxylation is 1. The number of nitrogens with zero attached hydrogens (tertiary/aromatic N) is 2. The number of ether oxygens (including phenoxy) is 1. The molecule has 0 saturated heterocycles. The lowest BCUT2D eigenvalue weighted by molar-refractivity contribution is 0.0924. The SMILES string of the molecule is Cc1cc(OCCN(C)C)c(C(=O)NC2(c3ccccn3)CC2)cc1-c1ccc2oc(Cc3ccc(F)cc3)c(C(N)=O)c2c1. The fraction of sp³-hybridized carbons (Fsp3) is 0.250. The summed E-state index contributed by atoms with van der Waals surface area (Å²) in [6, 6.07) is 21.0. The average molecular weight is 607 g/mol. The molecule has 2 heterocycles. The topological polar surface area (TPSA) is 111 Å². The number of hydrogen-bond acceptors (Lipinski definition) is 6. The van der Waals surface area contributed by atoms with Crippen LogP contribution in [0.25, 0.3) is 22.1 Å². The third-order valence-corrected chi connectivity index (χ3v) is 8.22. The molecular weight excluding hydrogens is 571 g/mol. The second kappa shape index (κ2) is 12.2. The van der Waals surface area contributed by atoms with Crippen molar-refractivity contribution in [3.05, 3.63) is 119 Å². The molecule has 9 heteroatoms. The third kappa shape index (κ3) is 6.30. The van der Waals surface area contributed by atoms with Gasteiger partial charge in [-0.15, -0.1) is 0 Å². The largest absolute Gasteiger partial charge is 0.491 e. The zero-order chi connectivity index (χ0) is 31.7. The van der Waals surface area contributed by atoms with Gasteiger partial charge in [-0.1, -0.05) is 24.3 Å². The minimum Gasteiger partial charge on any atom is -0.491 e. The smallest absolute Gasteiger partial charge is 0.255 e. The highest BCUT2D eigenvalue weighted by atomic mass is 19.1. The summed E-state index contributed by atoms with van der Waals surface area (Å²) in [4.78, 5) is 33.1. The number of likely N-dealkylation sites (N-methyl/N-ethyl adjacent to an activating group) is 1. The molecule has 1 fully saturated rings. The Kier molecular flexibility index (Phi) is 8.12. The van der Waals surface area contributed by atoms with Gasteiger partial charge in [0, 0.05) is 24.5 Å². The summed E-state index contributed by atoms with van der Waals surface area (Å²) in [5, 5.41) is 3.80. The van der Waals surface area contributed by atoms with E-state index in [0.29, 0.717) is 41.2 Å². The second-order valence-electron chi connectivity index (χ2n) is 11.8. The Balaban J connectivity index is 1.39. The number of fused-ring (bicyclic) bond motifs is 1. The molecule has 0 spiro atoms. The Bertz CT molecular complexity index is 1880. The van der Waals surface area contributed by atoms with Gasteiger partial charge < -0.3 is 25.1 Å². The lowest BCUT2D eigenvalue weighted by atomic mass is 9.95. The fourth-order valence-corrected chi connectivity index (χ4v) is 5.63. The maximum absolute atomic E-state index is 13.9. The van der Waals surface area contributed by atoms with E-state index in [9.17, 15) is 14.0 Å². The molecule has 1 aliphatic carbocycles. The highest BCUT2D eigenvalue weighted by molar-refractivity contribution is 6.08. The summed E-state index contributed by atoms with van der Waals surface area (Å²) in [7, 11) is 3.93. The molecule has 230 valence electrons. The van der Waals surface area contributed by atoms with Gasteiger partial charge in [0.05, 0.1) is 22.4 Å². The summed E-state index contributed by atoms with van der Waals surface area (Å²) < 4.78 is 25.7. The zero-order valence-electron chi connectivity index (χ0n) is 25.5. The van der Waals surface area contributed by atoms with E-state index >= 15 is 0 Å². The first-order valence-corrected chi connectivity index (χ1v) is 14.9. The number of nitrogens with one attached hydrogen (secondary N) is 1. The van der Waals surface area contributed by atoms with Crippen LogP contribution in [-0.4, -0.2) is 48.9 Å². The molecule has 3 N–H and O–H groups in total. The molecule has 45 heavy (non-hydrogen) atoms. The summed E-state index contributed by atoms with van der Waals surface area (Å²) in [5.41, 5.74) is 10.7. The van der Waals surface area contributed by atoms with Gasteiger partial charge in [0.15, 0.2) is 0 Å². The lowest BCUT2D eigenvalue weighted by Crippen LogP contribution is -2.35. The van der Waals surface area contributed by atoms with Gasteiger partial charge in [-0.05, 0) is 105 Å². The molecule has 0 atom stereocenters. The number of carbonyl (C=O) groups is 2. The molecule has 0 unspecified atom stereocenters. The quantitative estimate of drug-likeness (QED) is 0.191. The first-order valence-electron chi connectivity index (χ1n) is 14.9. The molecular formula is C36H35FN4O4. The average Bonchev–Trinajstić information content (AvgIpc) is 3.70. The zero-order valence-corrected chi connectivity index (χ0v) is 25.5. The lowest BCUT2D eigenvalue weighted by Gasteiger charge is -2.20. The first-order chi connectivity index (χ1) is 21.6. The maximum Gasteiger partial charge on any atom is 0.255 e. The van der Waals surface area contributed by atoms with Crippen LogP contribution < -0.4 is 15.8 Å². The summed E-state index contributed by atoms with van der Waals surface area (Å²) in [5.74, 6) is -0.301.